The van der Waals surface area contributed by atoms with Crippen LogP contribution >= 0.6 is 39.9 Å². The predicted molar refractivity (Wildman–Crippen MR) is 86.2 cm³/mol. The number of hydrogen-bond acceptors (Lipinski definition) is 2. The Kier molecular flexibility index (Phi) is 7.37. The third-order valence-electron chi connectivity index (χ3n) is 3.27. The molecular weight excluding hydrogens is 351 g/mol. The largest absolute Gasteiger partial charge is 0.345 e. The fourth-order valence-corrected chi connectivity index (χ4v) is 2.19. The fraction of sp³-hybridized carbons (Fsp3) is 0.462. The van der Waals surface area contributed by atoms with E-state index in [1.54, 1.807) is 18.2 Å². The van der Waals surface area contributed by atoms with Crippen LogP contribution in [-0.4, -0.2) is 18.0 Å². The fourth-order valence-electron chi connectivity index (χ4n) is 1.43. The molecule has 0 radical (unpaired) electrons. The lowest BCUT2D eigenvalue weighted by atomic mass is 9.88. The number of nitrogens with one attached hydrogen (secondary N) is 1. The number of halogens is 3. The highest BCUT2D eigenvalue weighted by atomic mass is 79.9. The normalized spacial score (nSPS) is 13.6. The number of hydrogen-bond donors (Lipinski definition) is 2. The Morgan fingerprint density at radius 3 is 2.53 bits per heavy atom. The minimum absolute atomic E-state index is 0. The Morgan fingerprint density at radius 1 is 1.53 bits per heavy atom. The summed E-state index contributed by atoms with van der Waals surface area (Å²) in [5, 5.41) is 3.38. The van der Waals surface area contributed by atoms with Gasteiger partial charge in [-0.3, -0.25) is 4.79 Å². The summed E-state index contributed by atoms with van der Waals surface area (Å²) in [6.45, 7) is 6.36. The second-order valence-corrected chi connectivity index (χ2v) is 6.18. The highest BCUT2D eigenvalue weighted by Crippen LogP contribution is 2.23. The van der Waals surface area contributed by atoms with Gasteiger partial charge in [0, 0.05) is 11.0 Å². The molecule has 3 N–H and O–H groups in total. The van der Waals surface area contributed by atoms with Gasteiger partial charge in [0.2, 0.25) is 0 Å². The number of carbonyl (C=O) groups excluding carboxylic acids is 1. The Bertz CT molecular complexity index is 454. The first-order valence-corrected chi connectivity index (χ1v) is 6.95. The average Bonchev–Trinajstić information content (AvgIpc) is 2.28. The van der Waals surface area contributed by atoms with Crippen LogP contribution in [0.4, 0.5) is 0 Å². The molecule has 3 nitrogen and oxygen atoms in total. The van der Waals surface area contributed by atoms with Crippen LogP contribution in [0.2, 0.25) is 5.02 Å². The summed E-state index contributed by atoms with van der Waals surface area (Å²) >= 11 is 9.36. The molecule has 1 atom stereocenters. The van der Waals surface area contributed by atoms with Gasteiger partial charge in [-0.2, -0.15) is 0 Å². The Hall–Kier alpha value is -0.290. The zero-order valence-electron chi connectivity index (χ0n) is 11.2. The standard InChI is InChI=1S/C13H18BrClN2O.ClH/c1-8(2)13(3,7-16)17-12(18)10-5-4-9(14)6-11(10)15;/h4-6,8H,7,16H2,1-3H3,(H,17,18);1H. The maximum absolute atomic E-state index is 12.2. The molecule has 0 aliphatic rings. The van der Waals surface area contributed by atoms with Gasteiger partial charge in [-0.15, -0.1) is 12.4 Å². The molecule has 1 amide bonds. The Balaban J connectivity index is 0.00000324. The molecule has 0 aliphatic carbocycles. The first-order valence-electron chi connectivity index (χ1n) is 5.78. The van der Waals surface area contributed by atoms with Gasteiger partial charge >= 0.3 is 0 Å². The lowest BCUT2D eigenvalue weighted by Crippen LogP contribution is -2.55. The minimum Gasteiger partial charge on any atom is -0.345 e. The van der Waals surface area contributed by atoms with Gasteiger partial charge < -0.3 is 11.1 Å². The number of benzene rings is 1. The molecule has 0 spiro atoms. The van der Waals surface area contributed by atoms with Crippen molar-refractivity contribution in [2.24, 2.45) is 11.7 Å². The van der Waals surface area contributed by atoms with Gasteiger partial charge in [-0.25, -0.2) is 0 Å². The first-order chi connectivity index (χ1) is 8.30. The van der Waals surface area contributed by atoms with Crippen LogP contribution in [0.1, 0.15) is 31.1 Å². The molecule has 0 fully saturated rings. The summed E-state index contributed by atoms with van der Waals surface area (Å²) in [4.78, 5) is 12.2. The molecule has 0 saturated carbocycles. The van der Waals surface area contributed by atoms with Crippen molar-refractivity contribution in [2.45, 2.75) is 26.3 Å². The van der Waals surface area contributed by atoms with Crippen molar-refractivity contribution in [3.63, 3.8) is 0 Å². The maximum Gasteiger partial charge on any atom is 0.253 e. The number of amides is 1. The molecule has 6 heteroatoms. The molecule has 0 aliphatic heterocycles. The molecule has 0 aromatic heterocycles. The van der Waals surface area contributed by atoms with Crippen LogP contribution in [0.3, 0.4) is 0 Å². The van der Waals surface area contributed by atoms with Crippen molar-refractivity contribution >= 4 is 45.8 Å². The molecule has 0 saturated heterocycles. The second-order valence-electron chi connectivity index (χ2n) is 4.85. The van der Waals surface area contributed by atoms with Gasteiger partial charge in [0.25, 0.3) is 5.91 Å². The molecule has 1 unspecified atom stereocenters. The van der Waals surface area contributed by atoms with E-state index in [2.05, 4.69) is 21.2 Å². The average molecular weight is 370 g/mol. The molecule has 108 valence electrons. The summed E-state index contributed by atoms with van der Waals surface area (Å²) in [6, 6.07) is 5.18. The Morgan fingerprint density at radius 2 is 2.11 bits per heavy atom. The number of carbonyl (C=O) groups is 1. The monoisotopic (exact) mass is 368 g/mol. The third-order valence-corrected chi connectivity index (χ3v) is 4.08. The van der Waals surface area contributed by atoms with E-state index in [1.807, 2.05) is 20.8 Å². The van der Waals surface area contributed by atoms with Crippen molar-refractivity contribution in [3.8, 4) is 0 Å². The predicted octanol–water partition coefficient (Wildman–Crippen LogP) is 3.63. The smallest absolute Gasteiger partial charge is 0.253 e. The van der Waals surface area contributed by atoms with E-state index < -0.39 is 5.54 Å². The van der Waals surface area contributed by atoms with Crippen LogP contribution in [-0.2, 0) is 0 Å². The molecule has 0 bridgehead atoms. The lowest BCUT2D eigenvalue weighted by molar-refractivity contribution is 0.0883. The van der Waals surface area contributed by atoms with Gasteiger partial charge in [-0.05, 0) is 31.0 Å². The number of rotatable bonds is 4. The van der Waals surface area contributed by atoms with Crippen LogP contribution in [0.5, 0.6) is 0 Å². The summed E-state index contributed by atoms with van der Waals surface area (Å²) < 4.78 is 0.842. The van der Waals surface area contributed by atoms with Gasteiger partial charge in [0.15, 0.2) is 0 Å². The highest BCUT2D eigenvalue weighted by Gasteiger charge is 2.29. The van der Waals surface area contributed by atoms with Crippen LogP contribution < -0.4 is 11.1 Å². The summed E-state index contributed by atoms with van der Waals surface area (Å²) in [5.41, 5.74) is 5.76. The van der Waals surface area contributed by atoms with Gasteiger partial charge in [-0.1, -0.05) is 41.4 Å². The highest BCUT2D eigenvalue weighted by molar-refractivity contribution is 9.10. The SMILES string of the molecule is CC(C)C(C)(CN)NC(=O)c1ccc(Br)cc1Cl.Cl. The van der Waals surface area contributed by atoms with Crippen molar-refractivity contribution in [1.29, 1.82) is 0 Å². The Labute approximate surface area is 133 Å². The zero-order chi connectivity index (χ0) is 13.9. The second kappa shape index (κ2) is 7.48. The van der Waals surface area contributed by atoms with E-state index in [0.717, 1.165) is 4.47 Å². The summed E-state index contributed by atoms with van der Waals surface area (Å²) in [7, 11) is 0. The molecule has 1 rings (SSSR count). The van der Waals surface area contributed by atoms with E-state index in [9.17, 15) is 4.79 Å². The lowest BCUT2D eigenvalue weighted by Gasteiger charge is -2.33. The van der Waals surface area contributed by atoms with E-state index in [4.69, 9.17) is 17.3 Å². The van der Waals surface area contributed by atoms with Crippen molar-refractivity contribution < 1.29 is 4.79 Å². The van der Waals surface area contributed by atoms with Crippen molar-refractivity contribution in [2.75, 3.05) is 6.54 Å². The molecule has 19 heavy (non-hydrogen) atoms. The van der Waals surface area contributed by atoms with E-state index in [1.165, 1.54) is 0 Å². The van der Waals surface area contributed by atoms with E-state index >= 15 is 0 Å². The van der Waals surface area contributed by atoms with Crippen molar-refractivity contribution in [1.82, 2.24) is 5.32 Å². The summed E-state index contributed by atoms with van der Waals surface area (Å²) in [6.07, 6.45) is 0. The summed E-state index contributed by atoms with van der Waals surface area (Å²) in [5.74, 6) is 0.0369. The van der Waals surface area contributed by atoms with E-state index in [-0.39, 0.29) is 24.2 Å². The van der Waals surface area contributed by atoms with Crippen LogP contribution in [0.15, 0.2) is 22.7 Å². The van der Waals surface area contributed by atoms with Gasteiger partial charge in [0.1, 0.15) is 0 Å². The quantitative estimate of drug-likeness (QED) is 0.851. The zero-order valence-corrected chi connectivity index (χ0v) is 14.3. The topological polar surface area (TPSA) is 55.1 Å². The van der Waals surface area contributed by atoms with Crippen molar-refractivity contribution in [3.05, 3.63) is 33.3 Å². The van der Waals surface area contributed by atoms with Crippen LogP contribution in [0.25, 0.3) is 0 Å². The number of nitrogens with two attached hydrogens (primary N) is 1. The maximum atomic E-state index is 12.2. The third kappa shape index (κ3) is 4.63. The minimum atomic E-state index is -0.437. The van der Waals surface area contributed by atoms with Crippen LogP contribution in [0, 0.1) is 5.92 Å². The molecule has 1 aromatic rings. The molecular formula is C13H19BrCl2N2O. The molecule has 1 aromatic carbocycles. The van der Waals surface area contributed by atoms with Gasteiger partial charge in [0.05, 0.1) is 16.1 Å². The van der Waals surface area contributed by atoms with E-state index in [0.29, 0.717) is 17.1 Å². The first kappa shape index (κ1) is 18.7. The molecule has 0 heterocycles.